The highest BCUT2D eigenvalue weighted by molar-refractivity contribution is 5.71. The summed E-state index contributed by atoms with van der Waals surface area (Å²) in [5, 5.41) is 0. The van der Waals surface area contributed by atoms with Gasteiger partial charge in [-0.25, -0.2) is 0 Å². The van der Waals surface area contributed by atoms with Crippen LogP contribution in [-0.2, 0) is 0 Å². The SMILES string of the molecule is O=Cc1ccc(N2CCC3CC32)o1. The van der Waals surface area contributed by atoms with E-state index in [0.717, 1.165) is 24.6 Å². The van der Waals surface area contributed by atoms with Gasteiger partial charge in [0.1, 0.15) is 0 Å². The maximum atomic E-state index is 10.4. The van der Waals surface area contributed by atoms with Crippen LogP contribution >= 0.6 is 0 Å². The molecule has 68 valence electrons. The molecule has 3 nitrogen and oxygen atoms in total. The van der Waals surface area contributed by atoms with Gasteiger partial charge in [-0.3, -0.25) is 4.79 Å². The standard InChI is InChI=1S/C10H11NO2/c12-6-8-1-2-10(13-8)11-4-3-7-5-9(7)11/h1-2,6-7,9H,3-5H2. The van der Waals surface area contributed by atoms with Crippen molar-refractivity contribution in [2.75, 3.05) is 11.4 Å². The molecule has 0 radical (unpaired) electrons. The van der Waals surface area contributed by atoms with Gasteiger partial charge in [0.05, 0.1) is 0 Å². The number of hydrogen-bond acceptors (Lipinski definition) is 3. The molecule has 1 aromatic rings. The lowest BCUT2D eigenvalue weighted by atomic mass is 10.3. The number of fused-ring (bicyclic) bond motifs is 1. The maximum absolute atomic E-state index is 10.4. The highest BCUT2D eigenvalue weighted by atomic mass is 16.4. The van der Waals surface area contributed by atoms with Crippen LogP contribution in [0.4, 0.5) is 5.88 Å². The monoisotopic (exact) mass is 177 g/mol. The number of carbonyl (C=O) groups is 1. The van der Waals surface area contributed by atoms with Crippen LogP contribution in [-0.4, -0.2) is 18.9 Å². The van der Waals surface area contributed by atoms with Gasteiger partial charge in [0.15, 0.2) is 17.9 Å². The van der Waals surface area contributed by atoms with Gasteiger partial charge in [-0.15, -0.1) is 0 Å². The van der Waals surface area contributed by atoms with Crippen molar-refractivity contribution in [2.45, 2.75) is 18.9 Å². The minimum atomic E-state index is 0.430. The van der Waals surface area contributed by atoms with E-state index >= 15 is 0 Å². The summed E-state index contributed by atoms with van der Waals surface area (Å²) in [7, 11) is 0. The van der Waals surface area contributed by atoms with Crippen LogP contribution in [0.1, 0.15) is 23.4 Å². The molecule has 0 spiro atoms. The molecule has 1 saturated heterocycles. The lowest BCUT2D eigenvalue weighted by Crippen LogP contribution is -2.21. The molecule has 0 amide bonds. The number of hydrogen-bond donors (Lipinski definition) is 0. The Hall–Kier alpha value is -1.25. The van der Waals surface area contributed by atoms with E-state index in [0.29, 0.717) is 11.8 Å². The largest absolute Gasteiger partial charge is 0.438 e. The van der Waals surface area contributed by atoms with Gasteiger partial charge in [0.25, 0.3) is 0 Å². The Morgan fingerprint density at radius 3 is 3.00 bits per heavy atom. The van der Waals surface area contributed by atoms with Crippen LogP contribution in [0, 0.1) is 5.92 Å². The topological polar surface area (TPSA) is 33.5 Å². The van der Waals surface area contributed by atoms with Crippen LogP contribution in [0.2, 0.25) is 0 Å². The molecule has 1 aromatic heterocycles. The third-order valence-corrected chi connectivity index (χ3v) is 3.04. The van der Waals surface area contributed by atoms with Gasteiger partial charge in [-0.05, 0) is 24.8 Å². The molecular formula is C10H11NO2. The van der Waals surface area contributed by atoms with E-state index in [-0.39, 0.29) is 0 Å². The van der Waals surface area contributed by atoms with Crippen molar-refractivity contribution in [1.29, 1.82) is 0 Å². The first-order chi connectivity index (χ1) is 6.38. The third-order valence-electron chi connectivity index (χ3n) is 3.04. The molecule has 3 rings (SSSR count). The van der Waals surface area contributed by atoms with Crippen molar-refractivity contribution in [3.05, 3.63) is 17.9 Å². The van der Waals surface area contributed by atoms with Crippen molar-refractivity contribution in [3.8, 4) is 0 Å². The molecule has 0 N–H and O–H groups in total. The normalized spacial score (nSPS) is 30.3. The first-order valence-electron chi connectivity index (χ1n) is 4.70. The van der Waals surface area contributed by atoms with E-state index in [1.165, 1.54) is 12.8 Å². The predicted molar refractivity (Wildman–Crippen MR) is 48.0 cm³/mol. The van der Waals surface area contributed by atoms with Gasteiger partial charge in [0, 0.05) is 18.7 Å². The molecule has 2 heterocycles. The Morgan fingerprint density at radius 2 is 2.46 bits per heavy atom. The van der Waals surface area contributed by atoms with E-state index in [4.69, 9.17) is 4.42 Å². The quantitative estimate of drug-likeness (QED) is 0.644. The Kier molecular flexibility index (Phi) is 1.31. The Bertz CT molecular complexity index is 344. The molecule has 2 aliphatic rings. The van der Waals surface area contributed by atoms with Crippen molar-refractivity contribution in [3.63, 3.8) is 0 Å². The summed E-state index contributed by atoms with van der Waals surface area (Å²) >= 11 is 0. The highest BCUT2D eigenvalue weighted by Gasteiger charge is 2.47. The molecule has 0 aromatic carbocycles. The summed E-state index contributed by atoms with van der Waals surface area (Å²) < 4.78 is 5.37. The molecule has 2 atom stereocenters. The van der Waals surface area contributed by atoms with Crippen LogP contribution in [0.3, 0.4) is 0 Å². The molecule has 1 aliphatic carbocycles. The average Bonchev–Trinajstić information content (AvgIpc) is 2.65. The molecule has 3 heteroatoms. The summed E-state index contributed by atoms with van der Waals surface area (Å²) in [5.74, 6) is 2.19. The fourth-order valence-corrected chi connectivity index (χ4v) is 2.23. The average molecular weight is 177 g/mol. The van der Waals surface area contributed by atoms with Crippen LogP contribution in [0.5, 0.6) is 0 Å². The van der Waals surface area contributed by atoms with Crippen LogP contribution in [0.25, 0.3) is 0 Å². The Morgan fingerprint density at radius 1 is 1.54 bits per heavy atom. The summed E-state index contributed by atoms with van der Waals surface area (Å²) in [6, 6.07) is 4.33. The lowest BCUT2D eigenvalue weighted by molar-refractivity contribution is 0.110. The second-order valence-corrected chi connectivity index (χ2v) is 3.84. The summed E-state index contributed by atoms with van der Waals surface area (Å²) in [4.78, 5) is 12.7. The van der Waals surface area contributed by atoms with Gasteiger partial charge >= 0.3 is 0 Å². The van der Waals surface area contributed by atoms with Crippen molar-refractivity contribution in [1.82, 2.24) is 0 Å². The molecule has 1 saturated carbocycles. The molecule has 0 bridgehead atoms. The zero-order valence-corrected chi connectivity index (χ0v) is 7.27. The van der Waals surface area contributed by atoms with Crippen LogP contribution in [0.15, 0.2) is 16.5 Å². The van der Waals surface area contributed by atoms with Crippen LogP contribution < -0.4 is 4.90 Å². The number of furan rings is 1. The first kappa shape index (κ1) is 7.18. The number of carbonyl (C=O) groups excluding carboxylic acids is 1. The Balaban J connectivity index is 1.87. The van der Waals surface area contributed by atoms with Gasteiger partial charge in [-0.2, -0.15) is 0 Å². The minimum absolute atomic E-state index is 0.430. The molecule has 1 aliphatic heterocycles. The number of piperidine rings is 1. The fraction of sp³-hybridized carbons (Fsp3) is 0.500. The predicted octanol–water partition coefficient (Wildman–Crippen LogP) is 1.69. The Labute approximate surface area is 76.3 Å². The second-order valence-electron chi connectivity index (χ2n) is 3.84. The number of anilines is 1. The zero-order chi connectivity index (χ0) is 8.84. The highest BCUT2D eigenvalue weighted by Crippen LogP contribution is 2.46. The van der Waals surface area contributed by atoms with Crippen molar-refractivity contribution < 1.29 is 9.21 Å². The first-order valence-corrected chi connectivity index (χ1v) is 4.70. The van der Waals surface area contributed by atoms with E-state index < -0.39 is 0 Å². The van der Waals surface area contributed by atoms with Gasteiger partial charge in [0.2, 0.25) is 0 Å². The smallest absolute Gasteiger partial charge is 0.196 e. The second kappa shape index (κ2) is 2.37. The zero-order valence-electron chi connectivity index (χ0n) is 7.27. The minimum Gasteiger partial charge on any atom is -0.438 e. The molecule has 2 unspecified atom stereocenters. The summed E-state index contributed by atoms with van der Waals surface area (Å²) in [6.45, 7) is 1.08. The maximum Gasteiger partial charge on any atom is 0.196 e. The van der Waals surface area contributed by atoms with E-state index in [9.17, 15) is 4.79 Å². The lowest BCUT2D eigenvalue weighted by Gasteiger charge is -2.15. The van der Waals surface area contributed by atoms with Crippen molar-refractivity contribution in [2.24, 2.45) is 5.92 Å². The van der Waals surface area contributed by atoms with E-state index in [1.807, 2.05) is 6.07 Å². The number of rotatable bonds is 2. The molecule has 2 fully saturated rings. The van der Waals surface area contributed by atoms with E-state index in [2.05, 4.69) is 4.90 Å². The molecular weight excluding hydrogens is 166 g/mol. The molecule has 13 heavy (non-hydrogen) atoms. The summed E-state index contributed by atoms with van der Waals surface area (Å²) in [6.07, 6.45) is 3.34. The number of aldehydes is 1. The van der Waals surface area contributed by atoms with Gasteiger partial charge in [-0.1, -0.05) is 0 Å². The van der Waals surface area contributed by atoms with E-state index in [1.54, 1.807) is 6.07 Å². The van der Waals surface area contributed by atoms with Crippen molar-refractivity contribution >= 4 is 12.2 Å². The number of nitrogens with zero attached hydrogens (tertiary/aromatic N) is 1. The third kappa shape index (κ3) is 0.996. The summed E-state index contributed by atoms with van der Waals surface area (Å²) in [5.41, 5.74) is 0. The van der Waals surface area contributed by atoms with Gasteiger partial charge < -0.3 is 9.32 Å². The fourth-order valence-electron chi connectivity index (χ4n) is 2.23.